The molecule has 0 atom stereocenters. The average Bonchev–Trinajstić information content (AvgIpc) is 2.85. The maximum atomic E-state index is 13.7. The van der Waals surface area contributed by atoms with E-state index in [4.69, 9.17) is 0 Å². The third kappa shape index (κ3) is 6.03. The lowest BCUT2D eigenvalue weighted by molar-refractivity contribution is 0.0985. The van der Waals surface area contributed by atoms with Crippen LogP contribution in [0.15, 0.2) is 110 Å². The number of carbonyl (C=O) groups excluding carboxylic acids is 2. The van der Waals surface area contributed by atoms with Crippen molar-refractivity contribution in [3.05, 3.63) is 127 Å². The highest BCUT2D eigenvalue weighted by Crippen LogP contribution is 2.27. The molecule has 170 valence electrons. The molecule has 0 aliphatic heterocycles. The van der Waals surface area contributed by atoms with Crippen LogP contribution in [0.5, 0.6) is 0 Å². The molecule has 0 aromatic heterocycles. The summed E-state index contributed by atoms with van der Waals surface area (Å²) in [5.74, 6) is -0.485. The van der Waals surface area contributed by atoms with Crippen molar-refractivity contribution in [3.8, 4) is 0 Å². The Kier molecular flexibility index (Phi) is 7.98. The molecule has 0 fully saturated rings. The van der Waals surface area contributed by atoms with Gasteiger partial charge in [0.2, 0.25) is 0 Å². The van der Waals surface area contributed by atoms with Crippen LogP contribution in [0.3, 0.4) is 0 Å². The predicted molar refractivity (Wildman–Crippen MR) is 147 cm³/mol. The molecule has 0 saturated heterocycles. The molecular formula is C27H19Br3N2O2. The fourth-order valence-electron chi connectivity index (χ4n) is 3.42. The Hall–Kier alpha value is -2.74. The highest BCUT2D eigenvalue weighted by molar-refractivity contribution is 9.11. The van der Waals surface area contributed by atoms with Gasteiger partial charge < -0.3 is 10.2 Å². The summed E-state index contributed by atoms with van der Waals surface area (Å²) in [4.78, 5) is 28.6. The van der Waals surface area contributed by atoms with Gasteiger partial charge in [0.15, 0.2) is 0 Å². The minimum atomic E-state index is -0.290. The number of carbonyl (C=O) groups is 2. The van der Waals surface area contributed by atoms with Gasteiger partial charge in [-0.3, -0.25) is 9.59 Å². The minimum absolute atomic E-state index is 0.195. The fourth-order valence-corrected chi connectivity index (χ4v) is 4.21. The topological polar surface area (TPSA) is 49.4 Å². The van der Waals surface area contributed by atoms with Gasteiger partial charge in [0.25, 0.3) is 11.8 Å². The van der Waals surface area contributed by atoms with Gasteiger partial charge in [-0.1, -0.05) is 72.1 Å². The zero-order valence-electron chi connectivity index (χ0n) is 17.8. The second-order valence-corrected chi connectivity index (χ2v) is 10.2. The second kappa shape index (κ2) is 11.1. The standard InChI is InChI=1S/C27H19Br3N2O2/c28-20-9-5-18(6-10-20)17-32(27(34)19-7-11-21(29)12-8-19)25-4-2-1-3-24(25)26(33)31-23-15-13-22(30)14-16-23/h1-16H,17H2,(H,31,33). The zero-order chi connectivity index (χ0) is 24.1. The van der Waals surface area contributed by atoms with E-state index < -0.39 is 0 Å². The van der Waals surface area contributed by atoms with E-state index in [1.165, 1.54) is 0 Å². The van der Waals surface area contributed by atoms with Crippen LogP contribution < -0.4 is 10.2 Å². The van der Waals surface area contributed by atoms with Gasteiger partial charge in [0.1, 0.15) is 0 Å². The van der Waals surface area contributed by atoms with Crippen molar-refractivity contribution in [2.75, 3.05) is 10.2 Å². The normalized spacial score (nSPS) is 10.6. The minimum Gasteiger partial charge on any atom is -0.322 e. The predicted octanol–water partition coefficient (Wildman–Crippen LogP) is 8.07. The third-order valence-corrected chi connectivity index (χ3v) is 6.72. The second-order valence-electron chi connectivity index (χ2n) is 7.50. The van der Waals surface area contributed by atoms with Crippen molar-refractivity contribution in [2.45, 2.75) is 6.54 Å². The Morgan fingerprint density at radius 1 is 0.676 bits per heavy atom. The van der Waals surface area contributed by atoms with Crippen molar-refractivity contribution in [2.24, 2.45) is 0 Å². The lowest BCUT2D eigenvalue weighted by Gasteiger charge is -2.25. The van der Waals surface area contributed by atoms with Crippen LogP contribution >= 0.6 is 47.8 Å². The van der Waals surface area contributed by atoms with Crippen molar-refractivity contribution in [1.82, 2.24) is 0 Å². The van der Waals surface area contributed by atoms with Gasteiger partial charge in [-0.05, 0) is 78.4 Å². The summed E-state index contributed by atoms with van der Waals surface area (Å²) < 4.78 is 2.76. The summed E-state index contributed by atoms with van der Waals surface area (Å²) in [5, 5.41) is 2.93. The summed E-state index contributed by atoms with van der Waals surface area (Å²) in [6.45, 7) is 0.310. The van der Waals surface area contributed by atoms with Gasteiger partial charge in [-0.25, -0.2) is 0 Å². The molecule has 0 bridgehead atoms. The molecule has 0 heterocycles. The molecule has 4 aromatic carbocycles. The molecule has 4 nitrogen and oxygen atoms in total. The first kappa shape index (κ1) is 24.4. The molecule has 34 heavy (non-hydrogen) atoms. The van der Waals surface area contributed by atoms with Gasteiger partial charge >= 0.3 is 0 Å². The number of hydrogen-bond acceptors (Lipinski definition) is 2. The van der Waals surface area contributed by atoms with Crippen molar-refractivity contribution >= 4 is 71.0 Å². The molecule has 7 heteroatoms. The van der Waals surface area contributed by atoms with Crippen molar-refractivity contribution < 1.29 is 9.59 Å². The largest absolute Gasteiger partial charge is 0.322 e. The van der Waals surface area contributed by atoms with E-state index in [2.05, 4.69) is 53.1 Å². The first-order valence-corrected chi connectivity index (χ1v) is 12.8. The van der Waals surface area contributed by atoms with E-state index in [0.717, 1.165) is 19.0 Å². The van der Waals surface area contributed by atoms with Crippen LogP contribution in [-0.4, -0.2) is 11.8 Å². The summed E-state index contributed by atoms with van der Waals surface area (Å²) in [7, 11) is 0. The Labute approximate surface area is 223 Å². The number of halogens is 3. The van der Waals surface area contributed by atoms with Crippen LogP contribution in [0.25, 0.3) is 0 Å². The molecule has 0 aliphatic rings. The maximum Gasteiger partial charge on any atom is 0.258 e. The SMILES string of the molecule is O=C(Nc1ccc(Br)cc1)c1ccccc1N(Cc1ccc(Br)cc1)C(=O)c1ccc(Br)cc1. The number of nitrogens with one attached hydrogen (secondary N) is 1. The van der Waals surface area contributed by atoms with Crippen molar-refractivity contribution in [1.29, 1.82) is 0 Å². The summed E-state index contributed by atoms with van der Waals surface area (Å²) in [6.07, 6.45) is 0. The lowest BCUT2D eigenvalue weighted by Crippen LogP contribution is -2.32. The monoisotopic (exact) mass is 640 g/mol. The van der Waals surface area contributed by atoms with Gasteiger partial charge in [0, 0.05) is 24.7 Å². The molecule has 1 N–H and O–H groups in total. The smallest absolute Gasteiger partial charge is 0.258 e. The van der Waals surface area contributed by atoms with Crippen LogP contribution in [-0.2, 0) is 6.54 Å². The summed E-state index contributed by atoms with van der Waals surface area (Å²) in [5.41, 5.74) is 3.09. The Morgan fingerprint density at radius 3 is 1.82 bits per heavy atom. The first-order valence-electron chi connectivity index (χ1n) is 10.4. The van der Waals surface area contributed by atoms with E-state index in [1.807, 2.05) is 66.7 Å². The van der Waals surface area contributed by atoms with Crippen LogP contribution in [0.1, 0.15) is 26.3 Å². The van der Waals surface area contributed by atoms with E-state index in [1.54, 1.807) is 35.2 Å². The van der Waals surface area contributed by atoms with E-state index in [-0.39, 0.29) is 11.8 Å². The number of hydrogen-bond donors (Lipinski definition) is 1. The molecule has 0 unspecified atom stereocenters. The first-order chi connectivity index (χ1) is 16.4. The van der Waals surface area contributed by atoms with E-state index in [0.29, 0.717) is 29.0 Å². The van der Waals surface area contributed by atoms with Crippen molar-refractivity contribution in [3.63, 3.8) is 0 Å². The van der Waals surface area contributed by atoms with Crippen LogP contribution in [0.4, 0.5) is 11.4 Å². The number of para-hydroxylation sites is 1. The average molecular weight is 643 g/mol. The number of amides is 2. The maximum absolute atomic E-state index is 13.7. The van der Waals surface area contributed by atoms with E-state index >= 15 is 0 Å². The quantitative estimate of drug-likeness (QED) is 0.231. The van der Waals surface area contributed by atoms with Gasteiger partial charge in [0.05, 0.1) is 17.8 Å². The Morgan fingerprint density at radius 2 is 1.21 bits per heavy atom. The van der Waals surface area contributed by atoms with Crippen LogP contribution in [0, 0.1) is 0 Å². The lowest BCUT2D eigenvalue weighted by atomic mass is 10.1. The molecule has 0 saturated carbocycles. The Balaban J connectivity index is 1.72. The number of nitrogens with zero attached hydrogens (tertiary/aromatic N) is 1. The molecule has 4 aromatic rings. The van der Waals surface area contributed by atoms with Gasteiger partial charge in [-0.15, -0.1) is 0 Å². The van der Waals surface area contributed by atoms with Gasteiger partial charge in [-0.2, -0.15) is 0 Å². The summed E-state index contributed by atoms with van der Waals surface area (Å²) >= 11 is 10.3. The number of benzene rings is 4. The summed E-state index contributed by atoms with van der Waals surface area (Å²) in [6, 6.07) is 29.5. The number of rotatable bonds is 6. The molecule has 2 amide bonds. The number of anilines is 2. The molecule has 4 rings (SSSR count). The zero-order valence-corrected chi connectivity index (χ0v) is 22.6. The third-order valence-electron chi connectivity index (χ3n) is 5.13. The molecule has 0 radical (unpaired) electrons. The molecule has 0 aliphatic carbocycles. The highest BCUT2D eigenvalue weighted by Gasteiger charge is 2.23. The molecule has 0 spiro atoms. The fraction of sp³-hybridized carbons (Fsp3) is 0.0370. The molecular weight excluding hydrogens is 624 g/mol. The van der Waals surface area contributed by atoms with E-state index in [9.17, 15) is 9.59 Å². The highest BCUT2D eigenvalue weighted by atomic mass is 79.9. The Bertz CT molecular complexity index is 1310. The van der Waals surface area contributed by atoms with Crippen LogP contribution in [0.2, 0.25) is 0 Å².